The third kappa shape index (κ3) is 2.89. The first-order valence-electron chi connectivity index (χ1n) is 9.87. The van der Waals surface area contributed by atoms with Crippen LogP contribution in [0.3, 0.4) is 0 Å². The smallest absolute Gasteiger partial charge is 0.410 e. The molecule has 3 aliphatic heterocycles. The van der Waals surface area contributed by atoms with E-state index in [1.165, 1.54) is 7.11 Å². The van der Waals surface area contributed by atoms with Crippen molar-refractivity contribution in [3.63, 3.8) is 0 Å². The molecule has 1 saturated carbocycles. The first-order valence-corrected chi connectivity index (χ1v) is 9.87. The summed E-state index contributed by atoms with van der Waals surface area (Å²) in [7, 11) is 3.37. The highest BCUT2D eigenvalue weighted by Crippen LogP contribution is 2.53. The van der Waals surface area contributed by atoms with Gasteiger partial charge in [-0.1, -0.05) is 0 Å². The van der Waals surface area contributed by atoms with Gasteiger partial charge in [0, 0.05) is 38.1 Å². The zero-order valence-corrected chi connectivity index (χ0v) is 16.3. The highest BCUT2D eigenvalue weighted by Gasteiger charge is 2.61. The van der Waals surface area contributed by atoms with Gasteiger partial charge in [0.2, 0.25) is 5.91 Å². The first-order chi connectivity index (χ1) is 12.4. The van der Waals surface area contributed by atoms with Gasteiger partial charge < -0.3 is 14.4 Å². The monoisotopic (exact) mass is 365 g/mol. The zero-order valence-electron chi connectivity index (χ0n) is 16.3. The van der Waals surface area contributed by atoms with Crippen molar-refractivity contribution < 1.29 is 19.1 Å². The van der Waals surface area contributed by atoms with Crippen molar-refractivity contribution in [2.45, 2.75) is 50.9 Å². The van der Waals surface area contributed by atoms with Crippen molar-refractivity contribution >= 4 is 12.0 Å². The second kappa shape index (κ2) is 6.68. The average Bonchev–Trinajstić information content (AvgIpc) is 3.11. The van der Waals surface area contributed by atoms with Crippen molar-refractivity contribution in [3.05, 3.63) is 0 Å². The second-order valence-electron chi connectivity index (χ2n) is 8.70. The quantitative estimate of drug-likeness (QED) is 0.748. The van der Waals surface area contributed by atoms with E-state index in [4.69, 9.17) is 9.47 Å². The van der Waals surface area contributed by atoms with Crippen LogP contribution in [0.5, 0.6) is 0 Å². The topological polar surface area (TPSA) is 62.3 Å². The lowest BCUT2D eigenvalue weighted by molar-refractivity contribution is -0.134. The van der Waals surface area contributed by atoms with E-state index in [0.29, 0.717) is 37.0 Å². The van der Waals surface area contributed by atoms with Gasteiger partial charge in [0.05, 0.1) is 32.4 Å². The molecule has 4 fully saturated rings. The van der Waals surface area contributed by atoms with Crippen LogP contribution in [-0.4, -0.2) is 91.3 Å². The normalized spacial score (nSPS) is 38.9. The molecular weight excluding hydrogens is 334 g/mol. The number of carbonyl (C=O) groups is 2. The summed E-state index contributed by atoms with van der Waals surface area (Å²) in [6.45, 7) is 7.38. The maximum atomic E-state index is 12.6. The molecule has 0 radical (unpaired) electrons. The third-order valence-electron chi connectivity index (χ3n) is 7.03. The molecule has 1 aliphatic carbocycles. The lowest BCUT2D eigenvalue weighted by Gasteiger charge is -2.49. The van der Waals surface area contributed by atoms with Crippen LogP contribution in [0.25, 0.3) is 0 Å². The van der Waals surface area contributed by atoms with Gasteiger partial charge in [-0.15, -0.1) is 0 Å². The summed E-state index contributed by atoms with van der Waals surface area (Å²) >= 11 is 0. The maximum Gasteiger partial charge on any atom is 0.410 e. The van der Waals surface area contributed by atoms with Crippen LogP contribution in [0.1, 0.15) is 26.7 Å². The van der Waals surface area contributed by atoms with E-state index >= 15 is 0 Å². The van der Waals surface area contributed by atoms with Crippen molar-refractivity contribution in [2.24, 2.45) is 17.8 Å². The Bertz CT molecular complexity index is 557. The number of hydrogen-bond donors (Lipinski definition) is 0. The molecule has 26 heavy (non-hydrogen) atoms. The highest BCUT2D eigenvalue weighted by atomic mass is 16.5. The number of rotatable bonds is 3. The number of fused-ring (bicyclic) bond motifs is 3. The van der Waals surface area contributed by atoms with Crippen LogP contribution in [0, 0.1) is 17.8 Å². The van der Waals surface area contributed by atoms with Crippen LogP contribution in [0.4, 0.5) is 4.79 Å². The number of ether oxygens (including phenoxy) is 2. The van der Waals surface area contributed by atoms with E-state index in [9.17, 15) is 9.59 Å². The summed E-state index contributed by atoms with van der Waals surface area (Å²) in [5.41, 5.74) is 0. The van der Waals surface area contributed by atoms with Crippen molar-refractivity contribution in [1.29, 1.82) is 0 Å². The molecule has 0 spiro atoms. The molecule has 2 unspecified atom stereocenters. The Labute approximate surface area is 155 Å². The fraction of sp³-hybridized carbons (Fsp3) is 0.895. The third-order valence-corrected chi connectivity index (χ3v) is 7.03. The van der Waals surface area contributed by atoms with Gasteiger partial charge in [0.15, 0.2) is 0 Å². The van der Waals surface area contributed by atoms with Crippen LogP contribution in [0.2, 0.25) is 0 Å². The van der Waals surface area contributed by atoms with Crippen LogP contribution >= 0.6 is 0 Å². The summed E-state index contributed by atoms with van der Waals surface area (Å²) in [5, 5.41) is 0. The molecule has 0 N–H and O–H groups in total. The fourth-order valence-electron chi connectivity index (χ4n) is 5.30. The SMILES string of the molecule is COC(=O)N1C2COCC1CC(N1C[C@@H]3[C@H](C1)[C@@H]3C(=O)N(C)C(C)C)C2. The van der Waals surface area contributed by atoms with Crippen LogP contribution in [0.15, 0.2) is 0 Å². The molecule has 146 valence electrons. The zero-order chi connectivity index (χ0) is 18.6. The summed E-state index contributed by atoms with van der Waals surface area (Å²) in [4.78, 5) is 31.0. The Balaban J connectivity index is 1.35. The Hall–Kier alpha value is -1.34. The van der Waals surface area contributed by atoms with E-state index < -0.39 is 0 Å². The predicted octanol–water partition coefficient (Wildman–Crippen LogP) is 1.03. The number of likely N-dealkylation sites (tertiary alicyclic amines) is 1. The minimum absolute atomic E-state index is 0.112. The van der Waals surface area contributed by atoms with E-state index in [2.05, 4.69) is 18.7 Å². The Morgan fingerprint density at radius 1 is 1.08 bits per heavy atom. The number of methoxy groups -OCH3 is 1. The van der Waals surface area contributed by atoms with E-state index in [-0.39, 0.29) is 30.1 Å². The lowest BCUT2D eigenvalue weighted by Crippen LogP contribution is -2.62. The fourth-order valence-corrected chi connectivity index (χ4v) is 5.30. The number of carbonyl (C=O) groups excluding carboxylic acids is 2. The lowest BCUT2D eigenvalue weighted by atomic mass is 9.89. The molecule has 2 bridgehead atoms. The van der Waals surface area contributed by atoms with Gasteiger partial charge in [-0.25, -0.2) is 4.79 Å². The van der Waals surface area contributed by atoms with Crippen molar-refractivity contribution in [3.8, 4) is 0 Å². The largest absolute Gasteiger partial charge is 0.453 e. The molecule has 4 aliphatic rings. The average molecular weight is 365 g/mol. The molecule has 2 amide bonds. The molecule has 0 aromatic carbocycles. The standard InChI is InChI=1S/C19H31N3O4/c1-11(2)20(3)18(23)17-15-7-21(8-16(15)17)12-5-13-9-26-10-14(6-12)22(13)19(24)25-4/h11-17H,5-10H2,1-4H3/t12?,13?,14?,15-,16+,17-. The predicted molar refractivity (Wildman–Crippen MR) is 95.6 cm³/mol. The Morgan fingerprint density at radius 2 is 1.65 bits per heavy atom. The molecule has 7 heteroatoms. The van der Waals surface area contributed by atoms with Crippen molar-refractivity contribution in [2.75, 3.05) is 40.5 Å². The molecule has 5 atom stereocenters. The Morgan fingerprint density at radius 3 is 2.15 bits per heavy atom. The van der Waals surface area contributed by atoms with Crippen molar-refractivity contribution in [1.82, 2.24) is 14.7 Å². The number of nitrogens with zero attached hydrogens (tertiary/aromatic N) is 3. The van der Waals surface area contributed by atoms with Crippen LogP contribution < -0.4 is 0 Å². The number of piperidine rings is 2. The highest BCUT2D eigenvalue weighted by molar-refractivity contribution is 5.82. The van der Waals surface area contributed by atoms with E-state index in [1.54, 1.807) is 0 Å². The minimum Gasteiger partial charge on any atom is -0.453 e. The summed E-state index contributed by atoms with van der Waals surface area (Å²) in [6, 6.07) is 0.978. The molecule has 3 saturated heterocycles. The summed E-state index contributed by atoms with van der Waals surface area (Å²) < 4.78 is 10.7. The molecule has 3 heterocycles. The van der Waals surface area contributed by atoms with Gasteiger partial charge in [-0.2, -0.15) is 0 Å². The van der Waals surface area contributed by atoms with Crippen LogP contribution in [-0.2, 0) is 14.3 Å². The van der Waals surface area contributed by atoms with E-state index in [0.717, 1.165) is 25.9 Å². The minimum atomic E-state index is -0.228. The van der Waals surface area contributed by atoms with Gasteiger partial charge >= 0.3 is 6.09 Å². The molecule has 4 rings (SSSR count). The first kappa shape index (κ1) is 18.0. The number of hydrogen-bond acceptors (Lipinski definition) is 5. The Kier molecular flexibility index (Phi) is 4.63. The van der Waals surface area contributed by atoms with Gasteiger partial charge in [-0.05, 0) is 38.5 Å². The summed E-state index contributed by atoms with van der Waals surface area (Å²) in [6.07, 6.45) is 1.65. The summed E-state index contributed by atoms with van der Waals surface area (Å²) in [5.74, 6) is 1.61. The molecular formula is C19H31N3O4. The van der Waals surface area contributed by atoms with Gasteiger partial charge in [-0.3, -0.25) is 14.6 Å². The van der Waals surface area contributed by atoms with Gasteiger partial charge in [0.1, 0.15) is 0 Å². The number of morpholine rings is 1. The van der Waals surface area contributed by atoms with Gasteiger partial charge in [0.25, 0.3) is 0 Å². The molecule has 7 nitrogen and oxygen atoms in total. The number of amides is 2. The molecule has 0 aromatic rings. The second-order valence-corrected chi connectivity index (χ2v) is 8.70. The maximum absolute atomic E-state index is 12.6. The molecule has 0 aromatic heterocycles. The van der Waals surface area contributed by atoms with E-state index in [1.807, 2.05) is 16.8 Å².